The molecule has 0 aromatic rings. The van der Waals surface area contributed by atoms with Crippen LogP contribution in [-0.4, -0.2) is 52.8 Å². The van der Waals surface area contributed by atoms with Crippen molar-refractivity contribution >= 4 is 0 Å². The maximum atomic E-state index is 9.33. The SMILES string of the molecule is [NH3+]C[C@H]1[NH2+]C[C@@H](O)[C@@H](O)[C@@H]1O. The molecule has 8 N–H and O–H groups in total. The molecule has 0 radical (unpaired) electrons. The Bertz CT molecular complexity index is 131. The third kappa shape index (κ3) is 1.69. The van der Waals surface area contributed by atoms with Crippen molar-refractivity contribution in [3.8, 4) is 0 Å². The first-order valence-corrected chi connectivity index (χ1v) is 3.83. The first-order chi connectivity index (χ1) is 5.16. The average Bonchev–Trinajstić information content (AvgIpc) is 2.01. The van der Waals surface area contributed by atoms with Gasteiger partial charge in [0.1, 0.15) is 31.4 Å². The number of rotatable bonds is 1. The molecule has 1 aliphatic rings. The second-order valence-electron chi connectivity index (χ2n) is 2.97. The lowest BCUT2D eigenvalue weighted by Crippen LogP contribution is -3.01. The quantitative estimate of drug-likeness (QED) is 0.269. The lowest BCUT2D eigenvalue weighted by Gasteiger charge is -2.31. The molecule has 11 heavy (non-hydrogen) atoms. The number of aliphatic hydroxyl groups is 3. The summed E-state index contributed by atoms with van der Waals surface area (Å²) in [5.41, 5.74) is 3.64. The molecule has 0 spiro atoms. The molecule has 5 heteroatoms. The third-order valence-corrected chi connectivity index (χ3v) is 2.20. The van der Waals surface area contributed by atoms with Crippen LogP contribution >= 0.6 is 0 Å². The van der Waals surface area contributed by atoms with Gasteiger partial charge in [0.05, 0.1) is 0 Å². The highest BCUT2D eigenvalue weighted by Crippen LogP contribution is 2.04. The second-order valence-corrected chi connectivity index (χ2v) is 2.97. The summed E-state index contributed by atoms with van der Waals surface area (Å²) < 4.78 is 0. The summed E-state index contributed by atoms with van der Waals surface area (Å²) >= 11 is 0. The number of aliphatic hydroxyl groups excluding tert-OH is 3. The predicted octanol–water partition coefficient (Wildman–Crippen LogP) is -4.74. The van der Waals surface area contributed by atoms with Crippen molar-refractivity contribution < 1.29 is 26.4 Å². The van der Waals surface area contributed by atoms with E-state index in [1.165, 1.54) is 0 Å². The van der Waals surface area contributed by atoms with E-state index < -0.39 is 18.3 Å². The number of hydrogen-bond acceptors (Lipinski definition) is 3. The Kier molecular flexibility index (Phi) is 2.80. The van der Waals surface area contributed by atoms with Crippen LogP contribution in [0.25, 0.3) is 0 Å². The monoisotopic (exact) mass is 164 g/mol. The summed E-state index contributed by atoms with van der Waals surface area (Å²) in [5, 5.41) is 29.4. The highest BCUT2D eigenvalue weighted by Gasteiger charge is 2.39. The van der Waals surface area contributed by atoms with E-state index in [0.717, 1.165) is 0 Å². The van der Waals surface area contributed by atoms with Gasteiger partial charge in [-0.3, -0.25) is 0 Å². The summed E-state index contributed by atoms with van der Waals surface area (Å²) in [7, 11) is 0. The standard InChI is InChI=1S/C6H14N2O3/c7-1-3-5(10)6(11)4(9)2-8-3/h3-6,8-11H,1-2,7H2/p+2/t3-,4-,5-,6-/m1/s1. The summed E-state index contributed by atoms with van der Waals surface area (Å²) in [4.78, 5) is 0. The summed E-state index contributed by atoms with van der Waals surface area (Å²) in [6.07, 6.45) is -2.67. The van der Waals surface area contributed by atoms with Gasteiger partial charge in [-0.15, -0.1) is 0 Å². The average molecular weight is 164 g/mol. The van der Waals surface area contributed by atoms with Crippen LogP contribution in [0, 0.1) is 0 Å². The lowest BCUT2D eigenvalue weighted by atomic mass is 9.96. The zero-order valence-corrected chi connectivity index (χ0v) is 6.35. The van der Waals surface area contributed by atoms with Crippen LogP contribution in [0.4, 0.5) is 0 Å². The van der Waals surface area contributed by atoms with E-state index >= 15 is 0 Å². The Morgan fingerprint density at radius 2 is 1.91 bits per heavy atom. The highest BCUT2D eigenvalue weighted by molar-refractivity contribution is 4.82. The minimum absolute atomic E-state index is 0.0756. The molecule has 66 valence electrons. The van der Waals surface area contributed by atoms with Crippen molar-refractivity contribution in [2.75, 3.05) is 13.1 Å². The van der Waals surface area contributed by atoms with Gasteiger partial charge in [0, 0.05) is 0 Å². The van der Waals surface area contributed by atoms with Crippen molar-refractivity contribution in [2.45, 2.75) is 24.4 Å². The van der Waals surface area contributed by atoms with Crippen LogP contribution in [0.1, 0.15) is 0 Å². The summed E-state index contributed by atoms with van der Waals surface area (Å²) in [6.45, 7) is 1.00. The molecule has 1 aliphatic heterocycles. The van der Waals surface area contributed by atoms with Crippen LogP contribution in [0.15, 0.2) is 0 Å². The summed E-state index contributed by atoms with van der Waals surface area (Å²) in [5.74, 6) is 0. The molecule has 0 aliphatic carbocycles. The maximum Gasteiger partial charge on any atom is 0.164 e. The second kappa shape index (κ2) is 3.46. The molecule has 0 bridgehead atoms. The van der Waals surface area contributed by atoms with Gasteiger partial charge in [-0.05, 0) is 0 Å². The normalized spacial score (nSPS) is 45.8. The molecular weight excluding hydrogens is 148 g/mol. The first kappa shape index (κ1) is 8.89. The Morgan fingerprint density at radius 3 is 2.45 bits per heavy atom. The van der Waals surface area contributed by atoms with E-state index in [-0.39, 0.29) is 6.04 Å². The number of hydrogen-bond donors (Lipinski definition) is 5. The van der Waals surface area contributed by atoms with E-state index in [1.807, 2.05) is 5.32 Å². The zero-order chi connectivity index (χ0) is 8.43. The van der Waals surface area contributed by atoms with Crippen molar-refractivity contribution in [2.24, 2.45) is 0 Å². The fourth-order valence-electron chi connectivity index (χ4n) is 1.36. The molecule has 1 heterocycles. The van der Waals surface area contributed by atoms with Crippen LogP contribution in [-0.2, 0) is 0 Å². The van der Waals surface area contributed by atoms with Crippen LogP contribution < -0.4 is 11.1 Å². The van der Waals surface area contributed by atoms with Gasteiger partial charge < -0.3 is 26.4 Å². The Morgan fingerprint density at radius 1 is 1.27 bits per heavy atom. The Hall–Kier alpha value is -0.200. The number of nitrogens with two attached hydrogens (primary N) is 1. The molecule has 0 unspecified atom stereocenters. The fourth-order valence-corrected chi connectivity index (χ4v) is 1.36. The Labute approximate surface area is 64.8 Å². The highest BCUT2D eigenvalue weighted by atomic mass is 16.4. The molecule has 4 atom stereocenters. The Balaban J connectivity index is 2.52. The molecule has 1 fully saturated rings. The van der Waals surface area contributed by atoms with E-state index in [4.69, 9.17) is 5.11 Å². The van der Waals surface area contributed by atoms with E-state index in [1.54, 1.807) is 0 Å². The van der Waals surface area contributed by atoms with Crippen LogP contribution in [0.5, 0.6) is 0 Å². The van der Waals surface area contributed by atoms with Crippen LogP contribution in [0.2, 0.25) is 0 Å². The molecule has 5 nitrogen and oxygen atoms in total. The fraction of sp³-hybridized carbons (Fsp3) is 1.00. The largest absolute Gasteiger partial charge is 0.387 e. The molecule has 0 aromatic carbocycles. The minimum atomic E-state index is -1.01. The van der Waals surface area contributed by atoms with Crippen molar-refractivity contribution in [1.29, 1.82) is 0 Å². The third-order valence-electron chi connectivity index (χ3n) is 2.20. The van der Waals surface area contributed by atoms with Crippen molar-refractivity contribution in [3.63, 3.8) is 0 Å². The van der Waals surface area contributed by atoms with Crippen LogP contribution in [0.3, 0.4) is 0 Å². The summed E-state index contributed by atoms with van der Waals surface area (Å²) in [6, 6.07) is -0.0756. The molecule has 1 rings (SSSR count). The van der Waals surface area contributed by atoms with Crippen molar-refractivity contribution in [1.82, 2.24) is 0 Å². The number of quaternary nitrogens is 2. The molecule has 0 aromatic heterocycles. The van der Waals surface area contributed by atoms with E-state index in [9.17, 15) is 10.2 Å². The van der Waals surface area contributed by atoms with E-state index in [2.05, 4.69) is 5.73 Å². The number of piperidine rings is 1. The van der Waals surface area contributed by atoms with Gasteiger partial charge in [-0.1, -0.05) is 0 Å². The first-order valence-electron chi connectivity index (χ1n) is 3.83. The minimum Gasteiger partial charge on any atom is -0.387 e. The van der Waals surface area contributed by atoms with Crippen molar-refractivity contribution in [3.05, 3.63) is 0 Å². The molecule has 0 saturated carbocycles. The van der Waals surface area contributed by atoms with Gasteiger partial charge >= 0.3 is 0 Å². The zero-order valence-electron chi connectivity index (χ0n) is 6.35. The van der Waals surface area contributed by atoms with Gasteiger partial charge in [0.15, 0.2) is 6.04 Å². The lowest BCUT2D eigenvalue weighted by molar-refractivity contribution is -0.730. The van der Waals surface area contributed by atoms with Gasteiger partial charge in [0.2, 0.25) is 0 Å². The predicted molar refractivity (Wildman–Crippen MR) is 36.4 cm³/mol. The smallest absolute Gasteiger partial charge is 0.164 e. The molecule has 1 saturated heterocycles. The van der Waals surface area contributed by atoms with E-state index in [0.29, 0.717) is 13.1 Å². The molecular formula is C6H16N2O3+2. The van der Waals surface area contributed by atoms with Gasteiger partial charge in [-0.2, -0.15) is 0 Å². The van der Waals surface area contributed by atoms with Gasteiger partial charge in [0.25, 0.3) is 0 Å². The topological polar surface area (TPSA) is 105 Å². The maximum absolute atomic E-state index is 9.33. The van der Waals surface area contributed by atoms with Gasteiger partial charge in [-0.25, -0.2) is 0 Å². The molecule has 0 amide bonds.